The van der Waals surface area contributed by atoms with Crippen LogP contribution in [0.15, 0.2) is 58.6 Å². The molecule has 2 heterocycles. The van der Waals surface area contributed by atoms with Crippen LogP contribution in [0.1, 0.15) is 34.3 Å². The van der Waals surface area contributed by atoms with Gasteiger partial charge in [0.05, 0.1) is 5.56 Å². The third-order valence-corrected chi connectivity index (χ3v) is 5.49. The van der Waals surface area contributed by atoms with Gasteiger partial charge in [0.1, 0.15) is 5.03 Å². The smallest absolute Gasteiger partial charge is 0.256 e. The molecule has 1 aromatic heterocycles. The van der Waals surface area contributed by atoms with Gasteiger partial charge in [-0.05, 0) is 50.5 Å². The highest BCUT2D eigenvalue weighted by Gasteiger charge is 2.22. The molecule has 2 aromatic rings. The SMILES string of the molecule is C=C1CCN(C(=O)c2cccnc2Sc2ccc(C)cc2C)CC1. The predicted molar refractivity (Wildman–Crippen MR) is 98.6 cm³/mol. The summed E-state index contributed by atoms with van der Waals surface area (Å²) in [5.41, 5.74) is 4.37. The summed E-state index contributed by atoms with van der Waals surface area (Å²) in [5.74, 6) is 0.0721. The van der Waals surface area contributed by atoms with Crippen LogP contribution in [0.4, 0.5) is 0 Å². The van der Waals surface area contributed by atoms with E-state index < -0.39 is 0 Å². The van der Waals surface area contributed by atoms with Crippen LogP contribution in [-0.4, -0.2) is 28.9 Å². The average Bonchev–Trinajstić information content (AvgIpc) is 2.58. The summed E-state index contributed by atoms with van der Waals surface area (Å²) < 4.78 is 0. The van der Waals surface area contributed by atoms with Crippen molar-refractivity contribution < 1.29 is 4.79 Å². The van der Waals surface area contributed by atoms with Gasteiger partial charge in [0, 0.05) is 24.2 Å². The fraction of sp³-hybridized carbons (Fsp3) is 0.300. The third kappa shape index (κ3) is 3.70. The first-order valence-corrected chi connectivity index (χ1v) is 9.02. The summed E-state index contributed by atoms with van der Waals surface area (Å²) in [6.45, 7) is 9.69. The molecule has 3 rings (SSSR count). The van der Waals surface area contributed by atoms with Crippen LogP contribution in [0.3, 0.4) is 0 Å². The standard InChI is InChI=1S/C20H22N2OS/c1-14-8-11-22(12-9-14)20(23)17-5-4-10-21-19(17)24-18-7-6-15(2)13-16(18)3/h4-7,10,13H,1,8-9,11-12H2,2-3H3. The van der Waals surface area contributed by atoms with Crippen LogP contribution in [0.2, 0.25) is 0 Å². The van der Waals surface area contributed by atoms with Crippen LogP contribution in [-0.2, 0) is 0 Å². The fourth-order valence-electron chi connectivity index (χ4n) is 2.85. The molecule has 1 aliphatic rings. The van der Waals surface area contributed by atoms with E-state index in [2.05, 4.69) is 43.6 Å². The first-order chi connectivity index (χ1) is 11.5. The van der Waals surface area contributed by atoms with E-state index in [9.17, 15) is 4.79 Å². The summed E-state index contributed by atoms with van der Waals surface area (Å²) in [4.78, 5) is 20.4. The first-order valence-electron chi connectivity index (χ1n) is 8.20. The molecule has 0 aliphatic carbocycles. The molecule has 24 heavy (non-hydrogen) atoms. The van der Waals surface area contributed by atoms with Crippen molar-refractivity contribution in [2.75, 3.05) is 13.1 Å². The number of hydrogen-bond acceptors (Lipinski definition) is 3. The van der Waals surface area contributed by atoms with Crippen molar-refractivity contribution >= 4 is 17.7 Å². The van der Waals surface area contributed by atoms with Crippen LogP contribution in [0.25, 0.3) is 0 Å². The van der Waals surface area contributed by atoms with E-state index in [1.54, 1.807) is 18.0 Å². The van der Waals surface area contributed by atoms with Crippen molar-refractivity contribution in [2.24, 2.45) is 0 Å². The molecule has 1 amide bonds. The van der Waals surface area contributed by atoms with E-state index in [1.807, 2.05) is 17.0 Å². The Morgan fingerprint density at radius 3 is 2.67 bits per heavy atom. The summed E-state index contributed by atoms with van der Waals surface area (Å²) in [7, 11) is 0. The van der Waals surface area contributed by atoms with E-state index in [0.717, 1.165) is 35.9 Å². The van der Waals surface area contributed by atoms with Crippen molar-refractivity contribution in [3.05, 3.63) is 65.4 Å². The van der Waals surface area contributed by atoms with Crippen molar-refractivity contribution in [3.63, 3.8) is 0 Å². The van der Waals surface area contributed by atoms with Crippen molar-refractivity contribution in [3.8, 4) is 0 Å². The van der Waals surface area contributed by atoms with Gasteiger partial charge >= 0.3 is 0 Å². The van der Waals surface area contributed by atoms with E-state index in [-0.39, 0.29) is 5.91 Å². The molecule has 0 spiro atoms. The van der Waals surface area contributed by atoms with Gasteiger partial charge in [-0.25, -0.2) is 4.98 Å². The first kappa shape index (κ1) is 16.8. The molecule has 0 bridgehead atoms. The lowest BCUT2D eigenvalue weighted by Gasteiger charge is -2.28. The van der Waals surface area contributed by atoms with Gasteiger partial charge in [0.2, 0.25) is 0 Å². The molecule has 0 radical (unpaired) electrons. The van der Waals surface area contributed by atoms with Gasteiger partial charge in [-0.3, -0.25) is 4.79 Å². The normalized spacial score (nSPS) is 14.8. The maximum Gasteiger partial charge on any atom is 0.256 e. The molecule has 1 aliphatic heterocycles. The van der Waals surface area contributed by atoms with Crippen molar-refractivity contribution in [2.45, 2.75) is 36.6 Å². The van der Waals surface area contributed by atoms with Crippen molar-refractivity contribution in [1.82, 2.24) is 9.88 Å². The number of pyridine rings is 1. The number of hydrogen-bond donors (Lipinski definition) is 0. The van der Waals surface area contributed by atoms with Crippen LogP contribution in [0.5, 0.6) is 0 Å². The summed E-state index contributed by atoms with van der Waals surface area (Å²) in [6, 6.07) is 10.1. The number of carbonyl (C=O) groups is 1. The second-order valence-corrected chi connectivity index (χ2v) is 7.30. The van der Waals surface area contributed by atoms with Gasteiger partial charge < -0.3 is 4.90 Å². The monoisotopic (exact) mass is 338 g/mol. The van der Waals surface area contributed by atoms with Crippen molar-refractivity contribution in [1.29, 1.82) is 0 Å². The molecule has 0 saturated carbocycles. The molecule has 1 aromatic carbocycles. The molecule has 0 unspecified atom stereocenters. The van der Waals surface area contributed by atoms with Gasteiger partial charge in [0.15, 0.2) is 0 Å². The molecule has 124 valence electrons. The molecule has 1 fully saturated rings. The zero-order chi connectivity index (χ0) is 17.1. The van der Waals surface area contributed by atoms with Crippen LogP contribution in [0, 0.1) is 13.8 Å². The fourth-order valence-corrected chi connectivity index (χ4v) is 3.79. The summed E-state index contributed by atoms with van der Waals surface area (Å²) in [5, 5.41) is 0.777. The maximum atomic E-state index is 12.9. The third-order valence-electron chi connectivity index (χ3n) is 4.30. The Kier molecular flexibility index (Phi) is 5.05. The molecule has 0 N–H and O–H groups in total. The lowest BCUT2D eigenvalue weighted by molar-refractivity contribution is 0.0739. The second kappa shape index (κ2) is 7.22. The topological polar surface area (TPSA) is 33.2 Å². The summed E-state index contributed by atoms with van der Waals surface area (Å²) >= 11 is 1.57. The number of rotatable bonds is 3. The van der Waals surface area contributed by atoms with Gasteiger partial charge in [-0.15, -0.1) is 0 Å². The lowest BCUT2D eigenvalue weighted by atomic mass is 10.1. The largest absolute Gasteiger partial charge is 0.338 e. The zero-order valence-corrected chi connectivity index (χ0v) is 15.0. The highest BCUT2D eigenvalue weighted by Crippen LogP contribution is 2.32. The number of benzene rings is 1. The Labute approximate surface area is 147 Å². The Hall–Kier alpha value is -2.07. The molecule has 1 saturated heterocycles. The molecule has 3 nitrogen and oxygen atoms in total. The average molecular weight is 338 g/mol. The van der Waals surface area contributed by atoms with Gasteiger partial charge in [0.25, 0.3) is 5.91 Å². The van der Waals surface area contributed by atoms with E-state index >= 15 is 0 Å². The Bertz CT molecular complexity index is 775. The molecule has 0 atom stereocenters. The maximum absolute atomic E-state index is 12.9. The number of carbonyl (C=O) groups excluding carboxylic acids is 1. The Morgan fingerprint density at radius 2 is 1.96 bits per heavy atom. The molecular formula is C20H22N2OS. The Balaban J connectivity index is 1.85. The van der Waals surface area contributed by atoms with Crippen LogP contribution >= 0.6 is 11.8 Å². The number of aryl methyl sites for hydroxylation is 2. The number of nitrogens with zero attached hydrogens (tertiary/aromatic N) is 2. The van der Waals surface area contributed by atoms with E-state index in [1.165, 1.54) is 16.7 Å². The highest BCUT2D eigenvalue weighted by molar-refractivity contribution is 7.99. The van der Waals surface area contributed by atoms with Crippen LogP contribution < -0.4 is 0 Å². The predicted octanol–water partition coefficient (Wildman–Crippen LogP) is 4.64. The lowest BCUT2D eigenvalue weighted by Crippen LogP contribution is -2.36. The van der Waals surface area contributed by atoms with Gasteiger partial charge in [-0.2, -0.15) is 0 Å². The molecular weight excluding hydrogens is 316 g/mol. The number of piperidine rings is 1. The Morgan fingerprint density at radius 1 is 1.21 bits per heavy atom. The zero-order valence-electron chi connectivity index (χ0n) is 14.2. The highest BCUT2D eigenvalue weighted by atomic mass is 32.2. The summed E-state index contributed by atoms with van der Waals surface area (Å²) in [6.07, 6.45) is 3.54. The minimum Gasteiger partial charge on any atom is -0.338 e. The van der Waals surface area contributed by atoms with Gasteiger partial charge in [-0.1, -0.05) is 41.6 Å². The minimum atomic E-state index is 0.0721. The minimum absolute atomic E-state index is 0.0721. The second-order valence-electron chi connectivity index (χ2n) is 6.27. The van der Waals surface area contributed by atoms with E-state index in [0.29, 0.717) is 5.56 Å². The van der Waals surface area contributed by atoms with E-state index in [4.69, 9.17) is 0 Å². The quantitative estimate of drug-likeness (QED) is 0.764. The molecule has 4 heteroatoms. The number of aromatic nitrogens is 1. The number of likely N-dealkylation sites (tertiary alicyclic amines) is 1. The number of amides is 1.